The zero-order chi connectivity index (χ0) is 44.5. The van der Waals surface area contributed by atoms with Gasteiger partial charge in [0.2, 0.25) is 0 Å². The zero-order valence-corrected chi connectivity index (χ0v) is 36.1. The maximum absolute atomic E-state index is 5.32. The number of rotatable bonds is 9. The maximum atomic E-state index is 5.32. The fourth-order valence-corrected chi connectivity index (χ4v) is 8.91. The Bertz CT molecular complexity index is 3600. The van der Waals surface area contributed by atoms with E-state index in [2.05, 4.69) is 120 Å². The van der Waals surface area contributed by atoms with E-state index < -0.39 is 0 Å². The first-order chi connectivity index (χ1) is 33.2. The van der Waals surface area contributed by atoms with Crippen LogP contribution >= 0.6 is 0 Å². The minimum Gasteiger partial charge on any atom is -0.309 e. The molecular weight excluding hydrogens is 819 g/mol. The smallest absolute Gasteiger partial charge is 0.164 e. The van der Waals surface area contributed by atoms with E-state index in [1.807, 2.05) is 121 Å². The molecule has 9 aromatic carbocycles. The molecule has 12 rings (SSSR count). The lowest BCUT2D eigenvalue weighted by atomic mass is 9.94. The van der Waals surface area contributed by atoms with Gasteiger partial charge in [-0.15, -0.1) is 0 Å². The Balaban J connectivity index is 1.15. The molecule has 0 aliphatic heterocycles. The molecule has 12 aromatic rings. The van der Waals surface area contributed by atoms with Crippen molar-refractivity contribution >= 4 is 21.8 Å². The van der Waals surface area contributed by atoms with Gasteiger partial charge in [0.15, 0.2) is 34.9 Å². The summed E-state index contributed by atoms with van der Waals surface area (Å²) in [5, 5.41) is 2.29. The third-order valence-electron chi connectivity index (χ3n) is 12.1. The van der Waals surface area contributed by atoms with Crippen molar-refractivity contribution in [2.45, 2.75) is 0 Å². The lowest BCUT2D eigenvalue weighted by molar-refractivity contribution is 1.07. The molecule has 0 N–H and O–H groups in total. The van der Waals surface area contributed by atoms with Crippen molar-refractivity contribution in [3.8, 4) is 96.3 Å². The van der Waals surface area contributed by atoms with Crippen molar-refractivity contribution < 1.29 is 0 Å². The van der Waals surface area contributed by atoms with Crippen LogP contribution < -0.4 is 0 Å². The highest BCUT2D eigenvalue weighted by Gasteiger charge is 2.23. The minimum atomic E-state index is 0.524. The largest absolute Gasteiger partial charge is 0.309 e. The molecular formula is C60H39N7. The number of benzene rings is 9. The summed E-state index contributed by atoms with van der Waals surface area (Å²) >= 11 is 0. The molecule has 0 atom stereocenters. The Morgan fingerprint density at radius 3 is 1.15 bits per heavy atom. The van der Waals surface area contributed by atoms with Gasteiger partial charge in [-0.1, -0.05) is 206 Å². The van der Waals surface area contributed by atoms with E-state index in [0.717, 1.165) is 77.6 Å². The van der Waals surface area contributed by atoms with Crippen LogP contribution in [0.15, 0.2) is 237 Å². The number of hydrogen-bond donors (Lipinski definition) is 0. The molecule has 0 aliphatic carbocycles. The molecule has 7 nitrogen and oxygen atoms in total. The van der Waals surface area contributed by atoms with Crippen LogP contribution in [-0.4, -0.2) is 34.5 Å². The van der Waals surface area contributed by atoms with Gasteiger partial charge in [0.05, 0.1) is 11.0 Å². The van der Waals surface area contributed by atoms with Gasteiger partial charge >= 0.3 is 0 Å². The first kappa shape index (κ1) is 39.4. The van der Waals surface area contributed by atoms with Crippen LogP contribution in [0.3, 0.4) is 0 Å². The molecule has 0 amide bonds. The first-order valence-electron chi connectivity index (χ1n) is 22.3. The molecule has 0 saturated heterocycles. The Kier molecular flexibility index (Phi) is 10.0. The predicted octanol–water partition coefficient (Wildman–Crippen LogP) is 14.5. The summed E-state index contributed by atoms with van der Waals surface area (Å²) in [5.41, 5.74) is 12.7. The van der Waals surface area contributed by atoms with E-state index in [1.165, 1.54) is 5.56 Å². The lowest BCUT2D eigenvalue weighted by Crippen LogP contribution is -2.03. The third-order valence-corrected chi connectivity index (χ3v) is 12.1. The molecule has 314 valence electrons. The van der Waals surface area contributed by atoms with Crippen LogP contribution in [0.4, 0.5) is 0 Å². The second kappa shape index (κ2) is 17.1. The van der Waals surface area contributed by atoms with Crippen LogP contribution in [0.5, 0.6) is 0 Å². The van der Waals surface area contributed by atoms with Crippen molar-refractivity contribution in [1.82, 2.24) is 34.5 Å². The Morgan fingerprint density at radius 1 is 0.239 bits per heavy atom. The topological polar surface area (TPSA) is 82.3 Å². The van der Waals surface area contributed by atoms with Crippen molar-refractivity contribution in [3.05, 3.63) is 237 Å². The summed E-state index contributed by atoms with van der Waals surface area (Å²) in [7, 11) is 0. The van der Waals surface area contributed by atoms with Gasteiger partial charge in [-0.3, -0.25) is 0 Å². The van der Waals surface area contributed by atoms with E-state index in [0.29, 0.717) is 34.9 Å². The summed E-state index contributed by atoms with van der Waals surface area (Å²) in [6.07, 6.45) is 0. The molecule has 0 spiro atoms. The van der Waals surface area contributed by atoms with E-state index in [4.69, 9.17) is 29.9 Å². The Hall–Kier alpha value is -9.20. The normalized spacial score (nSPS) is 11.3. The number of hydrogen-bond acceptors (Lipinski definition) is 6. The fraction of sp³-hybridized carbons (Fsp3) is 0. The molecule has 0 bridgehead atoms. The Labute approximate surface area is 387 Å². The van der Waals surface area contributed by atoms with Gasteiger partial charge in [0.25, 0.3) is 0 Å². The lowest BCUT2D eigenvalue weighted by Gasteiger charge is -2.16. The second-order valence-electron chi connectivity index (χ2n) is 16.3. The molecule has 3 heterocycles. The third kappa shape index (κ3) is 7.50. The number of aromatic nitrogens is 7. The van der Waals surface area contributed by atoms with Crippen molar-refractivity contribution in [2.75, 3.05) is 0 Å². The maximum Gasteiger partial charge on any atom is 0.164 e. The van der Waals surface area contributed by atoms with Gasteiger partial charge in [0, 0.05) is 55.4 Å². The van der Waals surface area contributed by atoms with Crippen molar-refractivity contribution in [2.24, 2.45) is 0 Å². The number of nitrogens with zero attached hydrogens (tertiary/aromatic N) is 7. The quantitative estimate of drug-likeness (QED) is 0.144. The minimum absolute atomic E-state index is 0.524. The van der Waals surface area contributed by atoms with Gasteiger partial charge in [0.1, 0.15) is 0 Å². The van der Waals surface area contributed by atoms with Crippen LogP contribution in [0.25, 0.3) is 118 Å². The van der Waals surface area contributed by atoms with Crippen LogP contribution in [0.2, 0.25) is 0 Å². The molecule has 0 fully saturated rings. The van der Waals surface area contributed by atoms with Gasteiger partial charge in [-0.2, -0.15) is 0 Å². The predicted molar refractivity (Wildman–Crippen MR) is 271 cm³/mol. The molecule has 0 saturated carbocycles. The molecule has 7 heteroatoms. The summed E-state index contributed by atoms with van der Waals surface area (Å²) in [5.74, 6) is 3.37. The van der Waals surface area contributed by atoms with Crippen molar-refractivity contribution in [3.63, 3.8) is 0 Å². The van der Waals surface area contributed by atoms with Crippen LogP contribution in [0.1, 0.15) is 0 Å². The van der Waals surface area contributed by atoms with Crippen LogP contribution in [0, 0.1) is 0 Å². The highest BCUT2D eigenvalue weighted by Crippen LogP contribution is 2.43. The summed E-state index contributed by atoms with van der Waals surface area (Å²) in [4.78, 5) is 31.0. The SMILES string of the molecule is c1ccc(-c2ccc3c(c2)c2cccc(-c4ccc(-c5nc(-c6ccccc6)nc(-c6ccccc6)n5)cc4-c4nc(-c5ccccc5)nc(-c5ccccc5)n4)c2n3-c2ccccc2)cc1. The summed E-state index contributed by atoms with van der Waals surface area (Å²) in [6.45, 7) is 0. The molecule has 0 unspecified atom stereocenters. The highest BCUT2D eigenvalue weighted by atomic mass is 15.0. The zero-order valence-electron chi connectivity index (χ0n) is 36.1. The van der Waals surface area contributed by atoms with Gasteiger partial charge < -0.3 is 4.57 Å². The molecule has 0 radical (unpaired) electrons. The van der Waals surface area contributed by atoms with Crippen LogP contribution in [-0.2, 0) is 0 Å². The average molecular weight is 858 g/mol. The molecule has 67 heavy (non-hydrogen) atoms. The molecule has 0 aliphatic rings. The van der Waals surface area contributed by atoms with E-state index >= 15 is 0 Å². The summed E-state index contributed by atoms with van der Waals surface area (Å²) < 4.78 is 2.38. The highest BCUT2D eigenvalue weighted by molar-refractivity contribution is 6.15. The van der Waals surface area contributed by atoms with E-state index in [-0.39, 0.29) is 0 Å². The van der Waals surface area contributed by atoms with Gasteiger partial charge in [-0.25, -0.2) is 29.9 Å². The standard InChI is InChI=1S/C60H39N7/c1-7-20-40(21-8-1)45-35-37-53-51(38-45)50-33-19-32-49(54(50)67(53)47-30-17-6-18-31-47)48-36-34-46(59-63-55(41-22-9-2-10-23-41)61-56(64-59)42-24-11-3-12-25-42)39-52(48)60-65-57(43-26-13-4-14-27-43)62-58(66-60)44-28-15-5-16-29-44/h1-39H. The summed E-state index contributed by atoms with van der Waals surface area (Å²) in [6, 6.07) is 81.2. The van der Waals surface area contributed by atoms with E-state index in [9.17, 15) is 0 Å². The fourth-order valence-electron chi connectivity index (χ4n) is 8.91. The molecule has 3 aromatic heterocycles. The first-order valence-corrected chi connectivity index (χ1v) is 22.3. The Morgan fingerprint density at radius 2 is 0.657 bits per heavy atom. The monoisotopic (exact) mass is 857 g/mol. The number of para-hydroxylation sites is 2. The van der Waals surface area contributed by atoms with Crippen molar-refractivity contribution in [1.29, 1.82) is 0 Å². The van der Waals surface area contributed by atoms with Gasteiger partial charge in [-0.05, 0) is 47.0 Å². The van der Waals surface area contributed by atoms with E-state index in [1.54, 1.807) is 0 Å². The average Bonchev–Trinajstić information content (AvgIpc) is 3.76. The second-order valence-corrected chi connectivity index (χ2v) is 16.3. The number of fused-ring (bicyclic) bond motifs is 3.